The summed E-state index contributed by atoms with van der Waals surface area (Å²) in [6.45, 7) is 4.18. The van der Waals surface area contributed by atoms with Crippen LogP contribution in [-0.4, -0.2) is 16.7 Å². The second-order valence-corrected chi connectivity index (χ2v) is 8.32. The van der Waals surface area contributed by atoms with E-state index in [4.69, 9.17) is 23.2 Å². The number of carbonyl (C=O) groups is 2. The van der Waals surface area contributed by atoms with Crippen molar-refractivity contribution in [2.45, 2.75) is 20.4 Å². The summed E-state index contributed by atoms with van der Waals surface area (Å²) in [6.07, 6.45) is 0. The SMILES string of the molecule is Cc1ccc(NC2=C(c3ccc(Cl)cc3Cl)C(=O)N(Cc3ccccc3)C2=O)cc1C. The number of benzene rings is 3. The zero-order valence-corrected chi connectivity index (χ0v) is 18.6. The Bertz CT molecular complexity index is 1220. The number of nitrogens with one attached hydrogen (secondary N) is 1. The van der Waals surface area contributed by atoms with Gasteiger partial charge >= 0.3 is 0 Å². The highest BCUT2D eigenvalue weighted by Gasteiger charge is 2.40. The molecule has 156 valence electrons. The fourth-order valence-electron chi connectivity index (χ4n) is 3.51. The predicted molar refractivity (Wildman–Crippen MR) is 125 cm³/mol. The van der Waals surface area contributed by atoms with Crippen molar-refractivity contribution in [1.82, 2.24) is 4.90 Å². The first-order chi connectivity index (χ1) is 14.8. The molecule has 1 aliphatic heterocycles. The van der Waals surface area contributed by atoms with Gasteiger partial charge in [0.1, 0.15) is 5.70 Å². The van der Waals surface area contributed by atoms with E-state index in [0.717, 1.165) is 22.4 Å². The van der Waals surface area contributed by atoms with Crippen molar-refractivity contribution >= 4 is 46.3 Å². The van der Waals surface area contributed by atoms with Crippen molar-refractivity contribution in [2.24, 2.45) is 0 Å². The first kappa shape index (κ1) is 21.2. The van der Waals surface area contributed by atoms with E-state index in [1.807, 2.05) is 62.4 Å². The van der Waals surface area contributed by atoms with Gasteiger partial charge in [-0.15, -0.1) is 0 Å². The number of nitrogens with zero attached hydrogens (tertiary/aromatic N) is 1. The highest BCUT2D eigenvalue weighted by molar-refractivity contribution is 6.41. The minimum absolute atomic E-state index is 0.172. The molecule has 6 heteroatoms. The molecule has 31 heavy (non-hydrogen) atoms. The molecule has 0 saturated heterocycles. The summed E-state index contributed by atoms with van der Waals surface area (Å²) in [5.74, 6) is -0.794. The van der Waals surface area contributed by atoms with Crippen LogP contribution in [0.1, 0.15) is 22.3 Å². The van der Waals surface area contributed by atoms with Crippen molar-refractivity contribution in [3.05, 3.63) is 105 Å². The van der Waals surface area contributed by atoms with Crippen LogP contribution in [-0.2, 0) is 16.1 Å². The number of imide groups is 1. The normalized spacial score (nSPS) is 13.9. The van der Waals surface area contributed by atoms with Gasteiger partial charge in [0, 0.05) is 16.3 Å². The number of hydrogen-bond acceptors (Lipinski definition) is 3. The number of halogens is 2. The van der Waals surface area contributed by atoms with Crippen molar-refractivity contribution in [2.75, 3.05) is 5.32 Å². The van der Waals surface area contributed by atoms with Crippen LogP contribution in [0.15, 0.2) is 72.4 Å². The lowest BCUT2D eigenvalue weighted by molar-refractivity contribution is -0.137. The molecule has 0 aromatic heterocycles. The minimum Gasteiger partial charge on any atom is -0.350 e. The molecule has 3 aromatic rings. The topological polar surface area (TPSA) is 49.4 Å². The molecule has 1 N–H and O–H groups in total. The zero-order chi connectivity index (χ0) is 22.1. The maximum atomic E-state index is 13.4. The smallest absolute Gasteiger partial charge is 0.278 e. The highest BCUT2D eigenvalue weighted by atomic mass is 35.5. The first-order valence-corrected chi connectivity index (χ1v) is 10.5. The average molecular weight is 451 g/mol. The molecular formula is C25H20Cl2N2O2. The Morgan fingerprint density at radius 1 is 0.839 bits per heavy atom. The molecule has 4 rings (SSSR count). The van der Waals surface area contributed by atoms with Crippen LogP contribution in [0.4, 0.5) is 5.69 Å². The van der Waals surface area contributed by atoms with E-state index in [2.05, 4.69) is 5.32 Å². The van der Waals surface area contributed by atoms with E-state index in [9.17, 15) is 9.59 Å². The van der Waals surface area contributed by atoms with E-state index < -0.39 is 11.8 Å². The fourth-order valence-corrected chi connectivity index (χ4v) is 4.01. The second-order valence-electron chi connectivity index (χ2n) is 7.48. The molecule has 0 saturated carbocycles. The Kier molecular flexibility index (Phi) is 5.86. The number of aryl methyl sites for hydroxylation is 2. The lowest BCUT2D eigenvalue weighted by atomic mass is 10.0. The van der Waals surface area contributed by atoms with Gasteiger partial charge in [0.2, 0.25) is 0 Å². The molecular weight excluding hydrogens is 431 g/mol. The highest BCUT2D eigenvalue weighted by Crippen LogP contribution is 2.36. The van der Waals surface area contributed by atoms with E-state index in [1.54, 1.807) is 18.2 Å². The number of hydrogen-bond donors (Lipinski definition) is 1. The largest absolute Gasteiger partial charge is 0.350 e. The number of carbonyl (C=O) groups excluding carboxylic acids is 2. The van der Waals surface area contributed by atoms with Gasteiger partial charge in [0.25, 0.3) is 11.8 Å². The standard InChI is InChI=1S/C25H20Cl2N2O2/c1-15-8-10-19(12-16(15)2)28-23-22(20-11-9-18(26)13-21(20)27)24(30)29(25(23)31)14-17-6-4-3-5-7-17/h3-13,28H,14H2,1-2H3. The quantitative estimate of drug-likeness (QED) is 0.484. The van der Waals surface area contributed by atoms with Crippen LogP contribution < -0.4 is 5.32 Å². The molecule has 0 aliphatic carbocycles. The maximum absolute atomic E-state index is 13.4. The third-order valence-electron chi connectivity index (χ3n) is 5.33. The molecule has 0 fully saturated rings. The summed E-state index contributed by atoms with van der Waals surface area (Å²) in [6, 6.07) is 20.1. The molecule has 0 bridgehead atoms. The number of rotatable bonds is 5. The summed E-state index contributed by atoms with van der Waals surface area (Å²) in [5.41, 5.74) is 4.71. The summed E-state index contributed by atoms with van der Waals surface area (Å²) in [7, 11) is 0. The Balaban J connectivity index is 1.79. The number of anilines is 1. The third kappa shape index (κ3) is 4.22. The van der Waals surface area contributed by atoms with Gasteiger partial charge in [0.05, 0.1) is 17.1 Å². The monoisotopic (exact) mass is 450 g/mol. The van der Waals surface area contributed by atoms with Gasteiger partial charge in [-0.05, 0) is 54.8 Å². The van der Waals surface area contributed by atoms with E-state index in [0.29, 0.717) is 15.6 Å². The van der Waals surface area contributed by atoms with Crippen LogP contribution >= 0.6 is 23.2 Å². The van der Waals surface area contributed by atoms with Crippen molar-refractivity contribution in [1.29, 1.82) is 0 Å². The minimum atomic E-state index is -0.399. The summed E-state index contributed by atoms with van der Waals surface area (Å²) in [4.78, 5) is 28.0. The van der Waals surface area contributed by atoms with Crippen molar-refractivity contribution in [3.63, 3.8) is 0 Å². The molecule has 3 aromatic carbocycles. The van der Waals surface area contributed by atoms with Gasteiger partial charge in [-0.1, -0.05) is 65.7 Å². The molecule has 1 heterocycles. The van der Waals surface area contributed by atoms with Crippen LogP contribution in [0.2, 0.25) is 10.0 Å². The Morgan fingerprint density at radius 3 is 2.26 bits per heavy atom. The number of amides is 2. The summed E-state index contributed by atoms with van der Waals surface area (Å²) < 4.78 is 0. The predicted octanol–water partition coefficient (Wildman–Crippen LogP) is 6.00. The van der Waals surface area contributed by atoms with E-state index in [-0.39, 0.29) is 17.8 Å². The van der Waals surface area contributed by atoms with Crippen LogP contribution in [0.25, 0.3) is 5.57 Å². The van der Waals surface area contributed by atoms with Crippen LogP contribution in [0.3, 0.4) is 0 Å². The lowest BCUT2D eigenvalue weighted by Crippen LogP contribution is -2.32. The van der Waals surface area contributed by atoms with E-state index in [1.165, 1.54) is 4.90 Å². The van der Waals surface area contributed by atoms with Gasteiger partial charge in [0.15, 0.2) is 0 Å². The molecule has 4 nitrogen and oxygen atoms in total. The summed E-state index contributed by atoms with van der Waals surface area (Å²) in [5, 5.41) is 3.94. The summed E-state index contributed by atoms with van der Waals surface area (Å²) >= 11 is 12.5. The van der Waals surface area contributed by atoms with Crippen LogP contribution in [0, 0.1) is 13.8 Å². The van der Waals surface area contributed by atoms with Gasteiger partial charge in [-0.25, -0.2) is 0 Å². The molecule has 0 atom stereocenters. The van der Waals surface area contributed by atoms with E-state index >= 15 is 0 Å². The fraction of sp³-hybridized carbons (Fsp3) is 0.120. The van der Waals surface area contributed by atoms with Crippen LogP contribution in [0.5, 0.6) is 0 Å². The molecule has 0 radical (unpaired) electrons. The molecule has 0 spiro atoms. The molecule has 1 aliphatic rings. The van der Waals surface area contributed by atoms with Crippen molar-refractivity contribution in [3.8, 4) is 0 Å². The Hall–Kier alpha value is -3.08. The zero-order valence-electron chi connectivity index (χ0n) is 17.1. The Morgan fingerprint density at radius 2 is 1.58 bits per heavy atom. The molecule has 0 unspecified atom stereocenters. The van der Waals surface area contributed by atoms with Gasteiger partial charge < -0.3 is 5.32 Å². The average Bonchev–Trinajstić information content (AvgIpc) is 2.96. The van der Waals surface area contributed by atoms with Gasteiger partial charge in [-0.2, -0.15) is 0 Å². The first-order valence-electron chi connectivity index (χ1n) is 9.79. The third-order valence-corrected chi connectivity index (χ3v) is 5.88. The second kappa shape index (κ2) is 8.58. The lowest BCUT2D eigenvalue weighted by Gasteiger charge is -2.15. The van der Waals surface area contributed by atoms with Crippen molar-refractivity contribution < 1.29 is 9.59 Å². The maximum Gasteiger partial charge on any atom is 0.278 e. The van der Waals surface area contributed by atoms with Gasteiger partial charge in [-0.3, -0.25) is 14.5 Å². The molecule has 2 amide bonds. The Labute approximate surface area is 191 Å².